The molecule has 0 bridgehead atoms. The van der Waals surface area contributed by atoms with Crippen molar-refractivity contribution in [3.63, 3.8) is 0 Å². The van der Waals surface area contributed by atoms with Crippen molar-refractivity contribution in [1.82, 2.24) is 0 Å². The van der Waals surface area contributed by atoms with Crippen LogP contribution in [-0.2, 0) is 0 Å². The number of nitriles is 1. The fourth-order valence-corrected chi connectivity index (χ4v) is 1.60. The Morgan fingerprint density at radius 1 is 1.56 bits per heavy atom. The molecule has 16 heavy (non-hydrogen) atoms. The largest absolute Gasteiger partial charge is 0.497 e. The highest BCUT2D eigenvalue weighted by Gasteiger charge is 2.40. The molecule has 0 spiro atoms. The van der Waals surface area contributed by atoms with Gasteiger partial charge in [-0.05, 0) is 19.1 Å². The first kappa shape index (κ1) is 10.5. The van der Waals surface area contributed by atoms with Crippen LogP contribution in [0.15, 0.2) is 18.2 Å². The fraction of sp³-hybridized carbons (Fsp3) is 0.333. The smallest absolute Gasteiger partial charge is 0.189 e. The van der Waals surface area contributed by atoms with Gasteiger partial charge in [0.1, 0.15) is 18.1 Å². The van der Waals surface area contributed by atoms with E-state index in [0.717, 1.165) is 0 Å². The van der Waals surface area contributed by atoms with Gasteiger partial charge in [-0.15, -0.1) is 0 Å². The number of Topliss-reactive ketones (excluding diaryl/α,β-unsaturated/α-hetero) is 1. The van der Waals surface area contributed by atoms with E-state index in [0.29, 0.717) is 17.1 Å². The van der Waals surface area contributed by atoms with Crippen molar-refractivity contribution in [3.05, 3.63) is 23.8 Å². The summed E-state index contributed by atoms with van der Waals surface area (Å²) in [5, 5.41) is 8.97. The molecular formula is C12H11NO3. The molecule has 0 N–H and O–H groups in total. The Morgan fingerprint density at radius 3 is 2.94 bits per heavy atom. The topological polar surface area (TPSA) is 59.3 Å². The summed E-state index contributed by atoms with van der Waals surface area (Å²) in [7, 11) is 1.55. The standard InChI is InChI=1S/C12H11NO3/c1-12(6-13)7-16-10-5-8(15-2)3-4-9(10)11(12)14/h3-5H,7H2,1-2H3. The molecule has 0 aromatic heterocycles. The Balaban J connectivity index is 2.48. The van der Waals surface area contributed by atoms with Crippen molar-refractivity contribution in [2.75, 3.05) is 13.7 Å². The van der Waals surface area contributed by atoms with Crippen molar-refractivity contribution in [2.24, 2.45) is 5.41 Å². The molecule has 0 fully saturated rings. The summed E-state index contributed by atoms with van der Waals surface area (Å²) in [5.74, 6) is 0.920. The van der Waals surface area contributed by atoms with Gasteiger partial charge in [-0.25, -0.2) is 0 Å². The monoisotopic (exact) mass is 217 g/mol. The molecule has 2 rings (SSSR count). The minimum atomic E-state index is -1.08. The average Bonchev–Trinajstić information content (AvgIpc) is 2.33. The Morgan fingerprint density at radius 2 is 2.31 bits per heavy atom. The molecule has 82 valence electrons. The molecule has 1 atom stereocenters. The maximum absolute atomic E-state index is 12.0. The third-order valence-corrected chi connectivity index (χ3v) is 2.70. The molecule has 1 aromatic carbocycles. The molecule has 0 amide bonds. The van der Waals surface area contributed by atoms with E-state index in [1.54, 1.807) is 32.2 Å². The second-order valence-electron chi connectivity index (χ2n) is 3.92. The number of methoxy groups -OCH3 is 1. The van der Waals surface area contributed by atoms with Crippen molar-refractivity contribution < 1.29 is 14.3 Å². The zero-order valence-corrected chi connectivity index (χ0v) is 9.11. The number of nitrogens with zero attached hydrogens (tertiary/aromatic N) is 1. The molecule has 0 saturated carbocycles. The fourth-order valence-electron chi connectivity index (χ4n) is 1.60. The number of ether oxygens (including phenoxy) is 2. The van der Waals surface area contributed by atoms with Gasteiger partial charge < -0.3 is 9.47 Å². The molecule has 1 aliphatic rings. The molecule has 4 heteroatoms. The summed E-state index contributed by atoms with van der Waals surface area (Å²) < 4.78 is 10.5. The lowest BCUT2D eigenvalue weighted by Crippen LogP contribution is -2.37. The van der Waals surface area contributed by atoms with E-state index in [9.17, 15) is 4.79 Å². The molecule has 1 unspecified atom stereocenters. The molecule has 0 radical (unpaired) electrons. The normalized spacial score (nSPS) is 22.9. The van der Waals surface area contributed by atoms with Crippen LogP contribution in [0.4, 0.5) is 0 Å². The molecule has 0 saturated heterocycles. The lowest BCUT2D eigenvalue weighted by atomic mass is 9.82. The van der Waals surface area contributed by atoms with E-state index in [1.807, 2.05) is 6.07 Å². The van der Waals surface area contributed by atoms with Crippen LogP contribution >= 0.6 is 0 Å². The van der Waals surface area contributed by atoms with Crippen molar-refractivity contribution >= 4 is 5.78 Å². The SMILES string of the molecule is COc1ccc2c(c1)OCC(C)(C#N)C2=O. The molecule has 4 nitrogen and oxygen atoms in total. The van der Waals surface area contributed by atoms with Crippen LogP contribution in [0.2, 0.25) is 0 Å². The van der Waals surface area contributed by atoms with E-state index in [2.05, 4.69) is 0 Å². The van der Waals surface area contributed by atoms with Crippen molar-refractivity contribution in [1.29, 1.82) is 5.26 Å². The Hall–Kier alpha value is -2.02. The number of ketones is 1. The van der Waals surface area contributed by atoms with Gasteiger partial charge in [-0.1, -0.05) is 0 Å². The van der Waals surface area contributed by atoms with Gasteiger partial charge in [0, 0.05) is 6.07 Å². The first-order chi connectivity index (χ1) is 7.60. The second-order valence-corrected chi connectivity index (χ2v) is 3.92. The number of benzene rings is 1. The highest BCUT2D eigenvalue weighted by Crippen LogP contribution is 2.35. The summed E-state index contributed by atoms with van der Waals surface area (Å²) in [6.45, 7) is 1.67. The number of hydrogen-bond acceptors (Lipinski definition) is 4. The van der Waals surface area contributed by atoms with E-state index in [1.165, 1.54) is 0 Å². The predicted octanol–water partition coefficient (Wildman–Crippen LogP) is 1.80. The Labute approximate surface area is 93.4 Å². The van der Waals surface area contributed by atoms with Crippen LogP contribution in [0, 0.1) is 16.7 Å². The molecule has 0 aliphatic carbocycles. The minimum absolute atomic E-state index is 0.0858. The Kier molecular flexibility index (Phi) is 2.31. The second kappa shape index (κ2) is 3.53. The van der Waals surface area contributed by atoms with E-state index < -0.39 is 5.41 Å². The first-order valence-electron chi connectivity index (χ1n) is 4.87. The van der Waals surface area contributed by atoms with E-state index >= 15 is 0 Å². The van der Waals surface area contributed by atoms with Crippen molar-refractivity contribution in [2.45, 2.75) is 6.92 Å². The minimum Gasteiger partial charge on any atom is -0.497 e. The van der Waals surface area contributed by atoms with Crippen LogP contribution < -0.4 is 9.47 Å². The highest BCUT2D eigenvalue weighted by molar-refractivity contribution is 6.05. The van der Waals surface area contributed by atoms with Gasteiger partial charge in [0.25, 0.3) is 0 Å². The van der Waals surface area contributed by atoms with Crippen LogP contribution in [0.1, 0.15) is 17.3 Å². The van der Waals surface area contributed by atoms with E-state index in [-0.39, 0.29) is 12.4 Å². The van der Waals surface area contributed by atoms with Gasteiger partial charge in [0.15, 0.2) is 11.2 Å². The Bertz CT molecular complexity index is 490. The molecule has 1 aromatic rings. The third-order valence-electron chi connectivity index (χ3n) is 2.70. The summed E-state index contributed by atoms with van der Waals surface area (Å²) >= 11 is 0. The summed E-state index contributed by atoms with van der Waals surface area (Å²) in [5.41, 5.74) is -0.641. The molecular weight excluding hydrogens is 206 g/mol. The molecule has 1 aliphatic heterocycles. The van der Waals surface area contributed by atoms with Crippen LogP contribution in [-0.4, -0.2) is 19.5 Å². The predicted molar refractivity (Wildman–Crippen MR) is 56.5 cm³/mol. The highest BCUT2D eigenvalue weighted by atomic mass is 16.5. The summed E-state index contributed by atoms with van der Waals surface area (Å²) in [6.07, 6.45) is 0. The number of hydrogen-bond donors (Lipinski definition) is 0. The number of carbonyl (C=O) groups is 1. The molecule has 1 heterocycles. The average molecular weight is 217 g/mol. The number of fused-ring (bicyclic) bond motifs is 1. The van der Waals surface area contributed by atoms with Crippen LogP contribution in [0.5, 0.6) is 11.5 Å². The van der Waals surface area contributed by atoms with Gasteiger partial charge >= 0.3 is 0 Å². The van der Waals surface area contributed by atoms with Gasteiger partial charge in [-0.2, -0.15) is 5.26 Å². The zero-order valence-electron chi connectivity index (χ0n) is 9.11. The summed E-state index contributed by atoms with van der Waals surface area (Å²) in [6, 6.07) is 6.96. The first-order valence-corrected chi connectivity index (χ1v) is 4.87. The van der Waals surface area contributed by atoms with Crippen molar-refractivity contribution in [3.8, 4) is 17.6 Å². The van der Waals surface area contributed by atoms with Gasteiger partial charge in [0.05, 0.1) is 18.7 Å². The number of rotatable bonds is 1. The zero-order chi connectivity index (χ0) is 11.8. The van der Waals surface area contributed by atoms with E-state index in [4.69, 9.17) is 14.7 Å². The van der Waals surface area contributed by atoms with Crippen LogP contribution in [0.25, 0.3) is 0 Å². The third kappa shape index (κ3) is 1.41. The maximum atomic E-state index is 12.0. The van der Waals surface area contributed by atoms with Crippen LogP contribution in [0.3, 0.4) is 0 Å². The lowest BCUT2D eigenvalue weighted by Gasteiger charge is -2.27. The van der Waals surface area contributed by atoms with Gasteiger partial charge in [-0.3, -0.25) is 4.79 Å². The lowest BCUT2D eigenvalue weighted by molar-refractivity contribution is 0.0758. The maximum Gasteiger partial charge on any atom is 0.189 e. The quantitative estimate of drug-likeness (QED) is 0.719. The summed E-state index contributed by atoms with van der Waals surface area (Å²) in [4.78, 5) is 12.0. The van der Waals surface area contributed by atoms with Gasteiger partial charge in [0.2, 0.25) is 0 Å². The number of carbonyl (C=O) groups excluding carboxylic acids is 1.